The highest BCUT2D eigenvalue weighted by atomic mass is 16.6. The van der Waals surface area contributed by atoms with Gasteiger partial charge in [0.25, 0.3) is 0 Å². The molecule has 0 saturated carbocycles. The molecule has 26 heavy (non-hydrogen) atoms. The summed E-state index contributed by atoms with van der Waals surface area (Å²) in [6, 6.07) is 18.5. The zero-order valence-electron chi connectivity index (χ0n) is 15.9. The Labute approximate surface area is 154 Å². The number of hydrogen-bond donors (Lipinski definition) is 0. The maximum absolute atomic E-state index is 12.6. The van der Waals surface area contributed by atoms with Gasteiger partial charge in [-0.3, -0.25) is 0 Å². The molecule has 0 radical (unpaired) electrons. The van der Waals surface area contributed by atoms with Gasteiger partial charge in [-0.25, -0.2) is 4.79 Å². The fraction of sp³-hybridized carbons (Fsp3) is 0.348. The molecular weight excluding hydrogens is 324 g/mol. The van der Waals surface area contributed by atoms with Crippen LogP contribution in [-0.4, -0.2) is 17.7 Å². The summed E-state index contributed by atoms with van der Waals surface area (Å²) in [6.45, 7) is 7.66. The third-order valence-corrected chi connectivity index (χ3v) is 4.20. The summed E-state index contributed by atoms with van der Waals surface area (Å²) in [5.41, 5.74) is -0.526. The van der Waals surface area contributed by atoms with E-state index < -0.39 is 11.7 Å². The number of rotatable bonds is 5. The van der Waals surface area contributed by atoms with E-state index in [0.29, 0.717) is 6.42 Å². The van der Waals surface area contributed by atoms with Crippen LogP contribution in [-0.2, 0) is 9.53 Å². The van der Waals surface area contributed by atoms with Gasteiger partial charge in [-0.1, -0.05) is 49.7 Å². The van der Waals surface area contributed by atoms with E-state index >= 15 is 0 Å². The normalized spacial score (nSPS) is 12.9. The third-order valence-electron chi connectivity index (χ3n) is 4.20. The zero-order valence-corrected chi connectivity index (χ0v) is 15.9. The molecule has 0 amide bonds. The van der Waals surface area contributed by atoms with Gasteiger partial charge in [-0.05, 0) is 61.5 Å². The molecule has 0 spiro atoms. The number of hydrogen-bond acceptors (Lipinski definition) is 3. The van der Waals surface area contributed by atoms with E-state index in [1.807, 2.05) is 52.0 Å². The van der Waals surface area contributed by atoms with Crippen LogP contribution < -0.4 is 4.74 Å². The maximum Gasteiger partial charge on any atom is 0.347 e. The van der Waals surface area contributed by atoms with Crippen LogP contribution in [0.3, 0.4) is 0 Å². The molecule has 3 heteroatoms. The summed E-state index contributed by atoms with van der Waals surface area (Å²) in [7, 11) is 0. The summed E-state index contributed by atoms with van der Waals surface area (Å²) in [4.78, 5) is 12.6. The lowest BCUT2D eigenvalue weighted by Crippen LogP contribution is -2.35. The Morgan fingerprint density at radius 2 is 1.62 bits per heavy atom. The predicted octanol–water partition coefficient (Wildman–Crippen LogP) is 5.88. The number of esters is 1. The topological polar surface area (TPSA) is 35.5 Å². The van der Waals surface area contributed by atoms with Crippen molar-refractivity contribution in [2.24, 2.45) is 0 Å². The fourth-order valence-corrected chi connectivity index (χ4v) is 3.05. The van der Waals surface area contributed by atoms with Crippen LogP contribution >= 0.6 is 0 Å². The van der Waals surface area contributed by atoms with Gasteiger partial charge < -0.3 is 9.47 Å². The first-order valence-corrected chi connectivity index (χ1v) is 9.18. The Morgan fingerprint density at radius 1 is 0.962 bits per heavy atom. The lowest BCUT2D eigenvalue weighted by atomic mass is 10.0. The highest BCUT2D eigenvalue weighted by molar-refractivity contribution is 6.01. The molecule has 0 aliphatic rings. The third kappa shape index (κ3) is 4.16. The average molecular weight is 350 g/mol. The molecule has 1 atom stereocenters. The maximum atomic E-state index is 12.6. The molecule has 0 N–H and O–H groups in total. The Balaban J connectivity index is 1.97. The van der Waals surface area contributed by atoms with Gasteiger partial charge in [0.05, 0.1) is 0 Å². The highest BCUT2D eigenvalue weighted by Crippen LogP contribution is 2.31. The first-order chi connectivity index (χ1) is 12.4. The summed E-state index contributed by atoms with van der Waals surface area (Å²) >= 11 is 0. The van der Waals surface area contributed by atoms with Crippen molar-refractivity contribution >= 4 is 27.5 Å². The van der Waals surface area contributed by atoms with Gasteiger partial charge in [0.15, 0.2) is 6.10 Å². The molecule has 0 bridgehead atoms. The second-order valence-electron chi connectivity index (χ2n) is 7.61. The van der Waals surface area contributed by atoms with E-state index in [0.717, 1.165) is 28.3 Å². The van der Waals surface area contributed by atoms with Crippen molar-refractivity contribution in [3.8, 4) is 5.75 Å². The minimum atomic E-state index is -0.601. The highest BCUT2D eigenvalue weighted by Gasteiger charge is 2.26. The number of ether oxygens (including phenoxy) is 2. The Kier molecular flexibility index (Phi) is 5.17. The van der Waals surface area contributed by atoms with E-state index in [4.69, 9.17) is 9.47 Å². The van der Waals surface area contributed by atoms with Gasteiger partial charge in [-0.2, -0.15) is 0 Å². The summed E-state index contributed by atoms with van der Waals surface area (Å²) in [5.74, 6) is 0.412. The van der Waals surface area contributed by atoms with Crippen molar-refractivity contribution in [2.75, 3.05) is 0 Å². The van der Waals surface area contributed by atoms with E-state index in [9.17, 15) is 4.79 Å². The fourth-order valence-electron chi connectivity index (χ4n) is 3.05. The minimum Gasteiger partial charge on any atom is -0.478 e. The van der Waals surface area contributed by atoms with Crippen LogP contribution in [0.2, 0.25) is 0 Å². The largest absolute Gasteiger partial charge is 0.478 e. The standard InChI is InChI=1S/C23H26O3/c1-5-9-21(22(24)26-23(2,3)4)25-20-13-8-12-18-14-16-10-6-7-11-17(16)15-19(18)20/h6-8,10-15,21H,5,9H2,1-4H3. The number of carbonyl (C=O) groups is 1. The second kappa shape index (κ2) is 7.36. The summed E-state index contributed by atoms with van der Waals surface area (Å²) in [6.07, 6.45) is 0.868. The monoisotopic (exact) mass is 350 g/mol. The Hall–Kier alpha value is -2.55. The first kappa shape index (κ1) is 18.2. The average Bonchev–Trinajstić information content (AvgIpc) is 2.58. The van der Waals surface area contributed by atoms with Gasteiger partial charge in [0.2, 0.25) is 0 Å². The van der Waals surface area contributed by atoms with Crippen LogP contribution in [0.4, 0.5) is 0 Å². The molecule has 1 unspecified atom stereocenters. The number of benzene rings is 3. The zero-order chi connectivity index (χ0) is 18.7. The van der Waals surface area contributed by atoms with E-state index in [1.54, 1.807) is 0 Å². The van der Waals surface area contributed by atoms with Crippen molar-refractivity contribution in [2.45, 2.75) is 52.2 Å². The Morgan fingerprint density at radius 3 is 2.27 bits per heavy atom. The van der Waals surface area contributed by atoms with Crippen LogP contribution in [0.15, 0.2) is 54.6 Å². The van der Waals surface area contributed by atoms with Crippen LogP contribution in [0.25, 0.3) is 21.5 Å². The number of carbonyl (C=O) groups excluding carboxylic acids is 1. The molecule has 3 rings (SSSR count). The van der Waals surface area contributed by atoms with Crippen LogP contribution in [0, 0.1) is 0 Å². The van der Waals surface area contributed by atoms with Crippen molar-refractivity contribution in [3.05, 3.63) is 54.6 Å². The SMILES string of the molecule is CCCC(Oc1cccc2cc3ccccc3cc12)C(=O)OC(C)(C)C. The van der Waals surface area contributed by atoms with Crippen molar-refractivity contribution in [3.63, 3.8) is 0 Å². The molecule has 0 fully saturated rings. The molecule has 3 aromatic carbocycles. The second-order valence-corrected chi connectivity index (χ2v) is 7.61. The number of fused-ring (bicyclic) bond motifs is 2. The van der Waals surface area contributed by atoms with E-state index in [1.165, 1.54) is 5.39 Å². The van der Waals surface area contributed by atoms with Crippen molar-refractivity contribution in [1.82, 2.24) is 0 Å². The van der Waals surface area contributed by atoms with Gasteiger partial charge in [-0.15, -0.1) is 0 Å². The summed E-state index contributed by atoms with van der Waals surface area (Å²) < 4.78 is 11.7. The van der Waals surface area contributed by atoms with Crippen molar-refractivity contribution < 1.29 is 14.3 Å². The quantitative estimate of drug-likeness (QED) is 0.425. The molecular formula is C23H26O3. The van der Waals surface area contributed by atoms with Gasteiger partial charge in [0.1, 0.15) is 11.4 Å². The first-order valence-electron chi connectivity index (χ1n) is 9.18. The van der Waals surface area contributed by atoms with Gasteiger partial charge in [0, 0.05) is 5.39 Å². The van der Waals surface area contributed by atoms with Crippen molar-refractivity contribution in [1.29, 1.82) is 0 Å². The molecule has 3 nitrogen and oxygen atoms in total. The smallest absolute Gasteiger partial charge is 0.347 e. The lowest BCUT2D eigenvalue weighted by Gasteiger charge is -2.24. The molecule has 0 aliphatic carbocycles. The predicted molar refractivity (Wildman–Crippen MR) is 107 cm³/mol. The molecule has 0 heterocycles. The summed E-state index contributed by atoms with van der Waals surface area (Å²) in [5, 5.41) is 4.45. The van der Waals surface area contributed by atoms with Crippen LogP contribution in [0.1, 0.15) is 40.5 Å². The molecule has 0 aliphatic heterocycles. The van der Waals surface area contributed by atoms with E-state index in [2.05, 4.69) is 30.3 Å². The van der Waals surface area contributed by atoms with Crippen LogP contribution in [0.5, 0.6) is 5.75 Å². The molecule has 0 aromatic heterocycles. The molecule has 136 valence electrons. The molecule has 3 aromatic rings. The minimum absolute atomic E-state index is 0.308. The van der Waals surface area contributed by atoms with E-state index in [-0.39, 0.29) is 5.97 Å². The van der Waals surface area contributed by atoms with Gasteiger partial charge >= 0.3 is 5.97 Å². The Bertz CT molecular complexity index is 922. The lowest BCUT2D eigenvalue weighted by molar-refractivity contribution is -0.163. The molecule has 0 saturated heterocycles.